The first-order valence-corrected chi connectivity index (χ1v) is 7.64. The van der Waals surface area contributed by atoms with Gasteiger partial charge in [-0.2, -0.15) is 0 Å². The molecule has 106 valence electrons. The molecule has 3 nitrogen and oxygen atoms in total. The van der Waals surface area contributed by atoms with Crippen LogP contribution in [0.3, 0.4) is 0 Å². The van der Waals surface area contributed by atoms with Crippen LogP contribution in [-0.2, 0) is 4.74 Å². The number of nitrogens with one attached hydrogen (secondary N) is 1. The highest BCUT2D eigenvalue weighted by Gasteiger charge is 2.32. The van der Waals surface area contributed by atoms with Crippen molar-refractivity contribution in [1.82, 2.24) is 10.2 Å². The Bertz CT molecular complexity index is 241. The SMILES string of the molecule is CNC1CCC(N(C)C2CC(C)OC(C)C2)CC1. The fourth-order valence-corrected chi connectivity index (χ4v) is 3.77. The minimum absolute atomic E-state index is 0.426. The van der Waals surface area contributed by atoms with E-state index in [0.717, 1.165) is 18.1 Å². The molecule has 0 radical (unpaired) electrons. The van der Waals surface area contributed by atoms with E-state index in [1.807, 2.05) is 0 Å². The average molecular weight is 254 g/mol. The van der Waals surface area contributed by atoms with E-state index in [1.165, 1.54) is 38.5 Å². The highest BCUT2D eigenvalue weighted by molar-refractivity contribution is 4.87. The average Bonchev–Trinajstić information content (AvgIpc) is 2.37. The Morgan fingerprint density at radius 2 is 1.50 bits per heavy atom. The molecule has 2 rings (SSSR count). The zero-order chi connectivity index (χ0) is 13.1. The lowest BCUT2D eigenvalue weighted by molar-refractivity contribution is -0.0697. The largest absolute Gasteiger partial charge is 0.375 e. The third-order valence-corrected chi connectivity index (χ3v) is 4.93. The van der Waals surface area contributed by atoms with Gasteiger partial charge < -0.3 is 15.0 Å². The minimum atomic E-state index is 0.426. The van der Waals surface area contributed by atoms with E-state index in [1.54, 1.807) is 0 Å². The molecule has 3 heteroatoms. The van der Waals surface area contributed by atoms with Gasteiger partial charge in [-0.3, -0.25) is 0 Å². The molecule has 2 aliphatic rings. The molecule has 1 N–H and O–H groups in total. The molecular weight excluding hydrogens is 224 g/mol. The van der Waals surface area contributed by atoms with Crippen LogP contribution >= 0.6 is 0 Å². The van der Waals surface area contributed by atoms with Crippen molar-refractivity contribution in [2.24, 2.45) is 0 Å². The van der Waals surface area contributed by atoms with Gasteiger partial charge in [0.15, 0.2) is 0 Å². The second kappa shape index (κ2) is 6.36. The summed E-state index contributed by atoms with van der Waals surface area (Å²) in [5.74, 6) is 0. The van der Waals surface area contributed by atoms with E-state index in [2.05, 4.69) is 38.2 Å². The summed E-state index contributed by atoms with van der Waals surface area (Å²) in [6, 6.07) is 2.26. The Hall–Kier alpha value is -0.120. The lowest BCUT2D eigenvalue weighted by Crippen LogP contribution is -2.48. The molecule has 2 unspecified atom stereocenters. The summed E-state index contributed by atoms with van der Waals surface area (Å²) in [4.78, 5) is 2.65. The molecule has 1 heterocycles. The molecular formula is C15H30N2O. The van der Waals surface area contributed by atoms with Gasteiger partial charge in [-0.15, -0.1) is 0 Å². The predicted octanol–water partition coefficient (Wildman–Crippen LogP) is 2.40. The van der Waals surface area contributed by atoms with Gasteiger partial charge in [0.1, 0.15) is 0 Å². The van der Waals surface area contributed by atoms with E-state index in [9.17, 15) is 0 Å². The van der Waals surface area contributed by atoms with E-state index >= 15 is 0 Å². The quantitative estimate of drug-likeness (QED) is 0.837. The summed E-state index contributed by atoms with van der Waals surface area (Å²) < 4.78 is 5.85. The van der Waals surface area contributed by atoms with E-state index in [0.29, 0.717) is 12.2 Å². The summed E-state index contributed by atoms with van der Waals surface area (Å²) in [6.07, 6.45) is 8.62. The first-order valence-electron chi connectivity index (χ1n) is 7.64. The van der Waals surface area contributed by atoms with Crippen molar-refractivity contribution in [2.45, 2.75) is 82.7 Å². The van der Waals surface area contributed by atoms with Crippen LogP contribution in [0.25, 0.3) is 0 Å². The molecule has 0 amide bonds. The fraction of sp³-hybridized carbons (Fsp3) is 1.00. The number of ether oxygens (including phenoxy) is 1. The zero-order valence-electron chi connectivity index (χ0n) is 12.5. The predicted molar refractivity (Wildman–Crippen MR) is 75.9 cm³/mol. The van der Waals surface area contributed by atoms with Crippen LogP contribution in [-0.4, -0.2) is 49.3 Å². The summed E-state index contributed by atoms with van der Waals surface area (Å²) in [7, 11) is 4.43. The molecule has 0 bridgehead atoms. The van der Waals surface area contributed by atoms with Gasteiger partial charge >= 0.3 is 0 Å². The van der Waals surface area contributed by atoms with Gasteiger partial charge in [-0.25, -0.2) is 0 Å². The van der Waals surface area contributed by atoms with Crippen LogP contribution in [0.5, 0.6) is 0 Å². The van der Waals surface area contributed by atoms with E-state index < -0.39 is 0 Å². The maximum Gasteiger partial charge on any atom is 0.0565 e. The van der Waals surface area contributed by atoms with Crippen molar-refractivity contribution in [2.75, 3.05) is 14.1 Å². The standard InChI is InChI=1S/C15H30N2O/c1-11-9-15(10-12(2)18-11)17(4)14-7-5-13(16-3)6-8-14/h11-16H,5-10H2,1-4H3. The first kappa shape index (κ1) is 14.3. The van der Waals surface area contributed by atoms with Gasteiger partial charge in [0.2, 0.25) is 0 Å². The number of hydrogen-bond acceptors (Lipinski definition) is 3. The van der Waals surface area contributed by atoms with Gasteiger partial charge in [0, 0.05) is 18.1 Å². The lowest BCUT2D eigenvalue weighted by atomic mass is 9.88. The maximum absolute atomic E-state index is 5.85. The molecule has 2 fully saturated rings. The molecule has 0 spiro atoms. The van der Waals surface area contributed by atoms with Crippen molar-refractivity contribution in [3.8, 4) is 0 Å². The third-order valence-electron chi connectivity index (χ3n) is 4.93. The van der Waals surface area contributed by atoms with Crippen molar-refractivity contribution in [3.05, 3.63) is 0 Å². The van der Waals surface area contributed by atoms with Crippen molar-refractivity contribution in [1.29, 1.82) is 0 Å². The van der Waals surface area contributed by atoms with Crippen LogP contribution in [0.2, 0.25) is 0 Å². The van der Waals surface area contributed by atoms with Crippen LogP contribution in [0, 0.1) is 0 Å². The number of nitrogens with zero attached hydrogens (tertiary/aromatic N) is 1. The first-order chi connectivity index (χ1) is 8.60. The van der Waals surface area contributed by atoms with Crippen LogP contribution in [0.15, 0.2) is 0 Å². The Morgan fingerprint density at radius 3 is 2.00 bits per heavy atom. The molecule has 1 aliphatic carbocycles. The molecule has 1 saturated carbocycles. The molecule has 18 heavy (non-hydrogen) atoms. The second-order valence-corrected chi connectivity index (χ2v) is 6.34. The highest BCUT2D eigenvalue weighted by atomic mass is 16.5. The van der Waals surface area contributed by atoms with Gasteiger partial charge in [0.25, 0.3) is 0 Å². The van der Waals surface area contributed by atoms with Crippen LogP contribution in [0.1, 0.15) is 52.4 Å². The third kappa shape index (κ3) is 3.46. The normalized spacial score (nSPS) is 42.2. The van der Waals surface area contributed by atoms with Crippen molar-refractivity contribution < 1.29 is 4.74 Å². The molecule has 0 aromatic carbocycles. The minimum Gasteiger partial charge on any atom is -0.375 e. The van der Waals surface area contributed by atoms with Crippen LogP contribution < -0.4 is 5.32 Å². The molecule has 1 saturated heterocycles. The van der Waals surface area contributed by atoms with Crippen LogP contribution in [0.4, 0.5) is 0 Å². The summed E-state index contributed by atoms with van der Waals surface area (Å²) >= 11 is 0. The van der Waals surface area contributed by atoms with E-state index in [-0.39, 0.29) is 0 Å². The van der Waals surface area contributed by atoms with Crippen molar-refractivity contribution in [3.63, 3.8) is 0 Å². The number of rotatable bonds is 3. The van der Waals surface area contributed by atoms with Gasteiger partial charge in [-0.1, -0.05) is 0 Å². The van der Waals surface area contributed by atoms with Gasteiger partial charge in [-0.05, 0) is 66.5 Å². The second-order valence-electron chi connectivity index (χ2n) is 6.34. The molecule has 2 atom stereocenters. The Labute approximate surface area is 112 Å². The molecule has 0 aromatic heterocycles. The summed E-state index contributed by atoms with van der Waals surface area (Å²) in [5.41, 5.74) is 0. The lowest BCUT2D eigenvalue weighted by Gasteiger charge is -2.43. The fourth-order valence-electron chi connectivity index (χ4n) is 3.77. The van der Waals surface area contributed by atoms with Gasteiger partial charge in [0.05, 0.1) is 12.2 Å². The zero-order valence-corrected chi connectivity index (χ0v) is 12.5. The highest BCUT2D eigenvalue weighted by Crippen LogP contribution is 2.29. The monoisotopic (exact) mass is 254 g/mol. The topological polar surface area (TPSA) is 24.5 Å². The van der Waals surface area contributed by atoms with Crippen molar-refractivity contribution >= 4 is 0 Å². The summed E-state index contributed by atoms with van der Waals surface area (Å²) in [6.45, 7) is 4.43. The Morgan fingerprint density at radius 1 is 0.944 bits per heavy atom. The summed E-state index contributed by atoms with van der Waals surface area (Å²) in [5, 5.41) is 3.42. The molecule has 0 aromatic rings. The maximum atomic E-state index is 5.85. The number of hydrogen-bond donors (Lipinski definition) is 1. The van der Waals surface area contributed by atoms with E-state index in [4.69, 9.17) is 4.74 Å². The molecule has 1 aliphatic heterocycles. The Kier molecular flexibility index (Phi) is 5.05. The smallest absolute Gasteiger partial charge is 0.0565 e. The Balaban J connectivity index is 1.85.